The molecule has 180 valence electrons. The molecule has 3 heteroatoms. The normalized spacial score (nSPS) is 20.2. The van der Waals surface area contributed by atoms with Crippen molar-refractivity contribution in [2.24, 2.45) is 0 Å². The van der Waals surface area contributed by atoms with Crippen LogP contribution < -0.4 is 7.74 Å². The molecule has 0 N–H and O–H groups in total. The van der Waals surface area contributed by atoms with Crippen LogP contribution in [0.3, 0.4) is 0 Å². The molecule has 35 heavy (non-hydrogen) atoms. The molecule has 4 aliphatic rings. The fourth-order valence-corrected chi connectivity index (χ4v) is 16.9. The molecule has 0 heterocycles. The van der Waals surface area contributed by atoms with Crippen molar-refractivity contribution in [3.8, 4) is 0 Å². The third-order valence-corrected chi connectivity index (χ3v) is 17.6. The van der Waals surface area contributed by atoms with Crippen LogP contribution in [-0.4, -0.2) is 0 Å². The fourth-order valence-electron chi connectivity index (χ4n) is 7.33. The van der Waals surface area contributed by atoms with Crippen molar-refractivity contribution in [3.05, 3.63) is 107 Å². The summed E-state index contributed by atoms with van der Waals surface area (Å²) in [7, 11) is 0. The number of allylic oxidation sites excluding steroid dienone is 8. The predicted molar refractivity (Wildman–Crippen MR) is 139 cm³/mol. The van der Waals surface area contributed by atoms with Gasteiger partial charge in [-0.2, -0.15) is 0 Å². The molecule has 0 saturated heterocycles. The number of halogens is 2. The molecule has 2 aromatic rings. The van der Waals surface area contributed by atoms with E-state index in [-0.39, 0.29) is 11.6 Å². The summed E-state index contributed by atoms with van der Waals surface area (Å²) < 4.78 is 34.0. The summed E-state index contributed by atoms with van der Waals surface area (Å²) in [6, 6.07) is 7.83. The van der Waals surface area contributed by atoms with Crippen LogP contribution in [0.4, 0.5) is 8.78 Å². The maximum absolute atomic E-state index is 15.3. The SMILES string of the molecule is Fc1cc[c]([Ti]([c]2ccc(F)c3c2CCCCC3)([CH]2C=CC=C2)[CH]2C=CC=C2)c2c1CCCCC2. The van der Waals surface area contributed by atoms with Gasteiger partial charge in [0, 0.05) is 0 Å². The molecule has 4 aliphatic carbocycles. The molecule has 0 fully saturated rings. The van der Waals surface area contributed by atoms with Crippen molar-refractivity contribution in [1.82, 2.24) is 0 Å². The summed E-state index contributed by atoms with van der Waals surface area (Å²) in [4.78, 5) is 0. The zero-order valence-corrected chi connectivity index (χ0v) is 22.0. The van der Waals surface area contributed by atoms with E-state index < -0.39 is 16.6 Å². The van der Waals surface area contributed by atoms with Gasteiger partial charge in [-0.1, -0.05) is 0 Å². The number of fused-ring (bicyclic) bond motifs is 2. The van der Waals surface area contributed by atoms with Crippen LogP contribution >= 0.6 is 0 Å². The molecule has 0 nitrogen and oxygen atoms in total. The van der Waals surface area contributed by atoms with Crippen molar-refractivity contribution in [1.29, 1.82) is 0 Å². The monoisotopic (exact) mass is 504 g/mol. The molecule has 6 rings (SSSR count). The molecular weight excluding hydrogens is 470 g/mol. The molecule has 0 aromatic heterocycles. The van der Waals surface area contributed by atoms with Gasteiger partial charge in [-0.3, -0.25) is 0 Å². The van der Waals surface area contributed by atoms with Gasteiger partial charge in [0.15, 0.2) is 0 Å². The summed E-state index contributed by atoms with van der Waals surface area (Å²) in [5.74, 6) is -0.0650. The Morgan fingerprint density at radius 1 is 0.486 bits per heavy atom. The molecular formula is C32H34F2Ti. The standard InChI is InChI=1S/2C11H12F.2C5H5.Ti/c2*12-11-8-4-6-9-5-2-1-3-7-10(9)11;2*1-2-4-5-3-1;/h2*4,8H,1-3,5,7H2;2*1-5H;. The minimum absolute atomic E-state index is 0.0325. The zero-order chi connectivity index (χ0) is 23.8. The Balaban J connectivity index is 1.71. The van der Waals surface area contributed by atoms with Gasteiger partial charge in [0.2, 0.25) is 0 Å². The predicted octanol–water partition coefficient (Wildman–Crippen LogP) is 7.44. The van der Waals surface area contributed by atoms with E-state index in [9.17, 15) is 0 Å². The molecule has 0 bridgehead atoms. The summed E-state index contributed by atoms with van der Waals surface area (Å²) in [6.07, 6.45) is 28.6. The van der Waals surface area contributed by atoms with E-state index in [0.717, 1.165) is 75.3 Å². The van der Waals surface area contributed by atoms with E-state index >= 15 is 8.78 Å². The fraction of sp³-hybridized carbons (Fsp3) is 0.375. The van der Waals surface area contributed by atoms with Crippen LogP contribution in [0.25, 0.3) is 0 Å². The van der Waals surface area contributed by atoms with Crippen LogP contribution in [0.5, 0.6) is 0 Å². The number of hydrogen-bond donors (Lipinski definition) is 0. The van der Waals surface area contributed by atoms with Gasteiger partial charge in [-0.25, -0.2) is 0 Å². The van der Waals surface area contributed by atoms with E-state index in [1.54, 1.807) is 12.1 Å². The Hall–Kier alpha value is -2.03. The number of rotatable bonds is 4. The van der Waals surface area contributed by atoms with Crippen molar-refractivity contribution in [3.63, 3.8) is 0 Å². The van der Waals surface area contributed by atoms with Crippen molar-refractivity contribution >= 4 is 7.74 Å². The Labute approximate surface area is 211 Å². The first-order valence-electron chi connectivity index (χ1n) is 13.5. The first-order chi connectivity index (χ1) is 17.2. The molecule has 0 aliphatic heterocycles. The summed E-state index contributed by atoms with van der Waals surface area (Å²) in [6.45, 7) is 0. The maximum atomic E-state index is 15.3. The average Bonchev–Trinajstić information content (AvgIpc) is 3.48. The van der Waals surface area contributed by atoms with Gasteiger partial charge >= 0.3 is 213 Å². The van der Waals surface area contributed by atoms with Crippen LogP contribution in [0, 0.1) is 11.6 Å². The number of benzene rings is 2. The van der Waals surface area contributed by atoms with E-state index in [1.165, 1.54) is 18.9 Å². The van der Waals surface area contributed by atoms with E-state index in [0.29, 0.717) is 8.45 Å². The Bertz CT molecular complexity index is 1130. The van der Waals surface area contributed by atoms with Crippen molar-refractivity contribution < 1.29 is 25.4 Å². The molecule has 0 amide bonds. The van der Waals surface area contributed by atoms with Crippen LogP contribution in [-0.2, 0) is 42.3 Å². The molecule has 0 saturated carbocycles. The quantitative estimate of drug-likeness (QED) is 0.300. The zero-order valence-electron chi connectivity index (χ0n) is 20.4. The van der Waals surface area contributed by atoms with Crippen molar-refractivity contribution in [2.45, 2.75) is 72.7 Å². The molecule has 0 spiro atoms. The first kappa shape index (κ1) is 23.4. The van der Waals surface area contributed by atoms with E-state index in [4.69, 9.17) is 0 Å². The third kappa shape index (κ3) is 3.89. The van der Waals surface area contributed by atoms with Crippen LogP contribution in [0.1, 0.15) is 60.8 Å². The van der Waals surface area contributed by atoms with Gasteiger partial charge in [-0.15, -0.1) is 0 Å². The Morgan fingerprint density at radius 2 is 0.857 bits per heavy atom. The molecule has 0 radical (unpaired) electrons. The Morgan fingerprint density at radius 3 is 1.26 bits per heavy atom. The second kappa shape index (κ2) is 9.79. The Kier molecular flexibility index (Phi) is 6.54. The average molecular weight is 504 g/mol. The third-order valence-electron chi connectivity index (χ3n) is 8.89. The first-order valence-corrected chi connectivity index (χ1v) is 16.9. The van der Waals surface area contributed by atoms with Crippen LogP contribution in [0.2, 0.25) is 8.45 Å². The van der Waals surface area contributed by atoms with Gasteiger partial charge in [0.05, 0.1) is 0 Å². The summed E-state index contributed by atoms with van der Waals surface area (Å²) >= 11 is -3.37. The van der Waals surface area contributed by atoms with E-state index in [1.807, 2.05) is 0 Å². The molecule has 2 aromatic carbocycles. The second-order valence-electron chi connectivity index (χ2n) is 10.7. The molecule has 0 unspecified atom stereocenters. The van der Waals surface area contributed by atoms with Gasteiger partial charge < -0.3 is 0 Å². The molecule has 0 atom stereocenters. The minimum atomic E-state index is -3.37. The number of hydrogen-bond acceptors (Lipinski definition) is 0. The van der Waals surface area contributed by atoms with Gasteiger partial charge in [0.1, 0.15) is 0 Å². The second-order valence-corrected chi connectivity index (χ2v) is 17.2. The van der Waals surface area contributed by atoms with Crippen molar-refractivity contribution in [2.75, 3.05) is 0 Å². The van der Waals surface area contributed by atoms with Gasteiger partial charge in [0.25, 0.3) is 0 Å². The van der Waals surface area contributed by atoms with Crippen LogP contribution in [0.15, 0.2) is 72.9 Å². The topological polar surface area (TPSA) is 0 Å². The van der Waals surface area contributed by atoms with E-state index in [2.05, 4.69) is 60.7 Å². The summed E-state index contributed by atoms with van der Waals surface area (Å²) in [5.41, 5.74) is 4.49. The van der Waals surface area contributed by atoms with Gasteiger partial charge in [-0.05, 0) is 0 Å². The summed E-state index contributed by atoms with van der Waals surface area (Å²) in [5, 5.41) is 0.